The molecule has 74 valence electrons. The van der Waals surface area contributed by atoms with Crippen LogP contribution in [-0.2, 0) is 7.05 Å². The van der Waals surface area contributed by atoms with E-state index < -0.39 is 0 Å². The molecule has 3 nitrogen and oxygen atoms in total. The summed E-state index contributed by atoms with van der Waals surface area (Å²) in [5.74, 6) is 0.888. The normalized spacial score (nSPS) is 13.1. The molecule has 0 aromatic carbocycles. The number of aromatic nitrogens is 2. The average Bonchev–Trinajstić information content (AvgIpc) is 2.73. The van der Waals surface area contributed by atoms with E-state index in [0.717, 1.165) is 15.2 Å². The average molecular weight is 272 g/mol. The van der Waals surface area contributed by atoms with Crippen molar-refractivity contribution in [3.8, 4) is 0 Å². The van der Waals surface area contributed by atoms with E-state index in [1.54, 1.807) is 17.5 Å². The van der Waals surface area contributed by atoms with Gasteiger partial charge in [-0.25, -0.2) is 4.98 Å². The van der Waals surface area contributed by atoms with Crippen LogP contribution in [0.2, 0.25) is 0 Å². The molecule has 0 spiro atoms. The van der Waals surface area contributed by atoms with Crippen molar-refractivity contribution in [3.63, 3.8) is 0 Å². The van der Waals surface area contributed by atoms with Gasteiger partial charge in [-0.1, -0.05) is 0 Å². The summed E-state index contributed by atoms with van der Waals surface area (Å²) in [5, 5.41) is 2.03. The van der Waals surface area contributed by atoms with Crippen LogP contribution in [0, 0.1) is 0 Å². The zero-order valence-electron chi connectivity index (χ0n) is 7.64. The summed E-state index contributed by atoms with van der Waals surface area (Å²) in [6.07, 6.45) is 3.66. The van der Waals surface area contributed by atoms with Crippen molar-refractivity contribution < 1.29 is 0 Å². The highest BCUT2D eigenvalue weighted by molar-refractivity contribution is 9.10. The van der Waals surface area contributed by atoms with Gasteiger partial charge in [-0.2, -0.15) is 0 Å². The molecule has 0 amide bonds. The molecule has 0 aliphatic carbocycles. The number of aryl methyl sites for hydroxylation is 1. The Kier molecular flexibility index (Phi) is 2.71. The van der Waals surface area contributed by atoms with Gasteiger partial charge >= 0.3 is 0 Å². The van der Waals surface area contributed by atoms with Gasteiger partial charge in [0.05, 0.1) is 6.04 Å². The fraction of sp³-hybridized carbons (Fsp3) is 0.222. The summed E-state index contributed by atoms with van der Waals surface area (Å²) in [6, 6.07) is 1.90. The van der Waals surface area contributed by atoms with Crippen molar-refractivity contribution in [1.82, 2.24) is 9.55 Å². The van der Waals surface area contributed by atoms with Crippen molar-refractivity contribution in [2.75, 3.05) is 0 Å². The van der Waals surface area contributed by atoms with E-state index in [-0.39, 0.29) is 6.04 Å². The van der Waals surface area contributed by atoms with Crippen LogP contribution >= 0.6 is 27.3 Å². The van der Waals surface area contributed by atoms with Crippen LogP contribution in [0.15, 0.2) is 28.3 Å². The zero-order chi connectivity index (χ0) is 10.1. The monoisotopic (exact) mass is 271 g/mol. The van der Waals surface area contributed by atoms with E-state index in [1.807, 2.05) is 29.3 Å². The van der Waals surface area contributed by atoms with E-state index >= 15 is 0 Å². The van der Waals surface area contributed by atoms with Crippen molar-refractivity contribution in [3.05, 3.63) is 39.0 Å². The van der Waals surface area contributed by atoms with E-state index in [4.69, 9.17) is 5.73 Å². The highest BCUT2D eigenvalue weighted by Crippen LogP contribution is 2.27. The molecule has 5 heteroatoms. The summed E-state index contributed by atoms with van der Waals surface area (Å²) in [5.41, 5.74) is 6.08. The van der Waals surface area contributed by atoms with Gasteiger partial charge in [0.2, 0.25) is 0 Å². The van der Waals surface area contributed by atoms with Crippen molar-refractivity contribution in [2.45, 2.75) is 6.04 Å². The number of hydrogen-bond donors (Lipinski definition) is 1. The van der Waals surface area contributed by atoms with Gasteiger partial charge in [-0.3, -0.25) is 0 Å². The van der Waals surface area contributed by atoms with Crippen LogP contribution in [0.3, 0.4) is 0 Å². The molecular formula is C9H10BrN3S. The fourth-order valence-electron chi connectivity index (χ4n) is 1.30. The minimum atomic E-state index is -0.133. The first-order valence-corrected chi connectivity index (χ1v) is 5.82. The maximum atomic E-state index is 6.08. The van der Waals surface area contributed by atoms with Gasteiger partial charge in [0, 0.05) is 34.2 Å². The van der Waals surface area contributed by atoms with Gasteiger partial charge in [0.25, 0.3) is 0 Å². The van der Waals surface area contributed by atoms with E-state index in [1.165, 1.54) is 0 Å². The Morgan fingerprint density at radius 3 is 2.93 bits per heavy atom. The van der Waals surface area contributed by atoms with Gasteiger partial charge < -0.3 is 10.3 Å². The molecule has 2 aromatic rings. The minimum Gasteiger partial charge on any atom is -0.336 e. The highest BCUT2D eigenvalue weighted by Gasteiger charge is 2.14. The molecule has 2 heterocycles. The van der Waals surface area contributed by atoms with Gasteiger partial charge in [-0.05, 0) is 22.0 Å². The van der Waals surface area contributed by atoms with Crippen LogP contribution in [0.4, 0.5) is 0 Å². The van der Waals surface area contributed by atoms with Crippen LogP contribution in [0.5, 0.6) is 0 Å². The topological polar surface area (TPSA) is 43.8 Å². The predicted molar refractivity (Wildman–Crippen MR) is 61.3 cm³/mol. The SMILES string of the molecule is Cn1ccnc1C(N)c1cc(Br)cs1. The molecular weight excluding hydrogens is 262 g/mol. The van der Waals surface area contributed by atoms with Gasteiger partial charge in [0.1, 0.15) is 5.82 Å². The highest BCUT2D eigenvalue weighted by atomic mass is 79.9. The Morgan fingerprint density at radius 1 is 1.64 bits per heavy atom. The third kappa shape index (κ3) is 1.75. The van der Waals surface area contributed by atoms with Crippen LogP contribution in [0.25, 0.3) is 0 Å². The summed E-state index contributed by atoms with van der Waals surface area (Å²) < 4.78 is 3.01. The third-order valence-electron chi connectivity index (χ3n) is 2.03. The summed E-state index contributed by atoms with van der Waals surface area (Å²) >= 11 is 5.05. The molecule has 0 saturated heterocycles. The number of nitrogens with two attached hydrogens (primary N) is 1. The molecule has 0 aliphatic rings. The largest absolute Gasteiger partial charge is 0.336 e. The van der Waals surface area contributed by atoms with Gasteiger partial charge in [0.15, 0.2) is 0 Å². The summed E-state index contributed by atoms with van der Waals surface area (Å²) in [4.78, 5) is 5.35. The second-order valence-corrected chi connectivity index (χ2v) is 4.90. The Hall–Kier alpha value is -0.650. The number of thiophene rings is 1. The summed E-state index contributed by atoms with van der Waals surface area (Å²) in [6.45, 7) is 0. The first-order chi connectivity index (χ1) is 6.68. The maximum absolute atomic E-state index is 6.08. The van der Waals surface area contributed by atoms with Crippen molar-refractivity contribution in [2.24, 2.45) is 12.8 Å². The van der Waals surface area contributed by atoms with Crippen LogP contribution in [0.1, 0.15) is 16.7 Å². The molecule has 0 fully saturated rings. The zero-order valence-corrected chi connectivity index (χ0v) is 10.0. The van der Waals surface area contributed by atoms with E-state index in [2.05, 4.69) is 20.9 Å². The lowest BCUT2D eigenvalue weighted by atomic mass is 10.2. The minimum absolute atomic E-state index is 0.133. The lowest BCUT2D eigenvalue weighted by Crippen LogP contribution is -2.15. The first-order valence-electron chi connectivity index (χ1n) is 4.15. The second-order valence-electron chi connectivity index (χ2n) is 3.04. The Labute approximate surface area is 94.7 Å². The second kappa shape index (κ2) is 3.84. The van der Waals surface area contributed by atoms with Gasteiger partial charge in [-0.15, -0.1) is 11.3 Å². The fourth-order valence-corrected chi connectivity index (χ4v) is 2.74. The quantitative estimate of drug-likeness (QED) is 0.911. The molecule has 0 radical (unpaired) electrons. The Balaban J connectivity index is 2.33. The molecule has 0 bridgehead atoms. The molecule has 2 rings (SSSR count). The molecule has 1 unspecified atom stereocenters. The molecule has 1 atom stereocenters. The molecule has 2 N–H and O–H groups in total. The predicted octanol–water partition coefficient (Wildman–Crippen LogP) is 2.29. The molecule has 0 aliphatic heterocycles. The molecule has 2 aromatic heterocycles. The molecule has 14 heavy (non-hydrogen) atoms. The summed E-state index contributed by atoms with van der Waals surface area (Å²) in [7, 11) is 1.95. The lowest BCUT2D eigenvalue weighted by Gasteiger charge is -2.08. The Bertz CT molecular complexity index is 435. The number of halogens is 1. The van der Waals surface area contributed by atoms with E-state index in [0.29, 0.717) is 0 Å². The third-order valence-corrected chi connectivity index (χ3v) is 3.81. The number of hydrogen-bond acceptors (Lipinski definition) is 3. The lowest BCUT2D eigenvalue weighted by molar-refractivity contribution is 0.726. The standard InChI is InChI=1S/C9H10BrN3S/c1-13-3-2-12-9(13)8(11)7-4-6(10)5-14-7/h2-5,8H,11H2,1H3. The Morgan fingerprint density at radius 2 is 2.43 bits per heavy atom. The number of imidazole rings is 1. The van der Waals surface area contributed by atoms with E-state index in [9.17, 15) is 0 Å². The first kappa shape index (κ1) is 9.89. The van der Waals surface area contributed by atoms with Crippen LogP contribution < -0.4 is 5.73 Å². The molecule has 0 saturated carbocycles. The number of nitrogens with zero attached hydrogens (tertiary/aromatic N) is 2. The maximum Gasteiger partial charge on any atom is 0.130 e. The smallest absolute Gasteiger partial charge is 0.130 e. The van der Waals surface area contributed by atoms with Crippen LogP contribution in [-0.4, -0.2) is 9.55 Å². The van der Waals surface area contributed by atoms with Crippen molar-refractivity contribution >= 4 is 27.3 Å². The van der Waals surface area contributed by atoms with Crippen molar-refractivity contribution in [1.29, 1.82) is 0 Å². The number of rotatable bonds is 2.